The Balaban J connectivity index is -0.000000269. The lowest BCUT2D eigenvalue weighted by Crippen LogP contribution is -2.46. The van der Waals surface area contributed by atoms with Crippen LogP contribution in [0, 0.1) is 0 Å². The molecular formula is C24H48O24. The first-order valence-corrected chi connectivity index (χ1v) is 13.3. The van der Waals surface area contributed by atoms with E-state index in [9.17, 15) is 19.2 Å². The van der Waals surface area contributed by atoms with Crippen LogP contribution in [0.4, 0.5) is 0 Å². The van der Waals surface area contributed by atoms with Gasteiger partial charge in [0.25, 0.3) is 0 Å². The van der Waals surface area contributed by atoms with Crippen molar-refractivity contribution in [2.24, 2.45) is 0 Å². The number of aliphatic hydroxyl groups is 20. The second kappa shape index (κ2) is 29.8. The summed E-state index contributed by atoms with van der Waals surface area (Å²) in [5.74, 6) is -2.01. The Labute approximate surface area is 271 Å². The predicted molar refractivity (Wildman–Crippen MR) is 149 cm³/mol. The van der Waals surface area contributed by atoms with E-state index in [1.807, 2.05) is 0 Å². The maximum atomic E-state index is 10.5. The van der Waals surface area contributed by atoms with Gasteiger partial charge in [-0.2, -0.15) is 0 Å². The second-order valence-corrected chi connectivity index (χ2v) is 9.34. The first kappa shape index (κ1) is 52.7. The predicted octanol–water partition coefficient (Wildman–Crippen LogP) is -13.5. The molecule has 0 heterocycles. The molecule has 0 unspecified atom stereocenters. The number of hydrogen-bond donors (Lipinski definition) is 20. The number of ketones is 2. The van der Waals surface area contributed by atoms with Gasteiger partial charge in [-0.1, -0.05) is 0 Å². The van der Waals surface area contributed by atoms with Gasteiger partial charge in [0.1, 0.15) is 98.7 Å². The van der Waals surface area contributed by atoms with Crippen LogP contribution in [0.5, 0.6) is 0 Å². The summed E-state index contributed by atoms with van der Waals surface area (Å²) >= 11 is 0. The molecule has 0 aliphatic rings. The molecule has 0 rings (SSSR count). The van der Waals surface area contributed by atoms with Crippen molar-refractivity contribution >= 4 is 24.1 Å². The molecule has 24 heteroatoms. The van der Waals surface area contributed by atoms with Gasteiger partial charge in [-0.3, -0.25) is 9.59 Å². The summed E-state index contributed by atoms with van der Waals surface area (Å²) < 4.78 is 0. The molecule has 0 aliphatic heterocycles. The van der Waals surface area contributed by atoms with Gasteiger partial charge in [0.2, 0.25) is 0 Å². The number of carbonyl (C=O) groups is 4. The van der Waals surface area contributed by atoms with E-state index in [1.54, 1.807) is 0 Å². The van der Waals surface area contributed by atoms with Gasteiger partial charge in [0, 0.05) is 0 Å². The highest BCUT2D eigenvalue weighted by molar-refractivity contribution is 5.84. The smallest absolute Gasteiger partial charge is 0.189 e. The third-order valence-electron chi connectivity index (χ3n) is 5.62. The lowest BCUT2D eigenvalue weighted by Gasteiger charge is -2.22. The zero-order valence-corrected chi connectivity index (χ0v) is 25.1. The average Bonchev–Trinajstić information content (AvgIpc) is 3.12. The zero-order chi connectivity index (χ0) is 38.9. The Morgan fingerprint density at radius 2 is 0.583 bits per heavy atom. The number of rotatable bonds is 20. The lowest BCUT2D eigenvalue weighted by atomic mass is 10.0. The van der Waals surface area contributed by atoms with E-state index in [0.717, 1.165) is 0 Å². The van der Waals surface area contributed by atoms with Crippen LogP contribution in [0.15, 0.2) is 0 Å². The fraction of sp³-hybridized carbons (Fsp3) is 0.833. The van der Waals surface area contributed by atoms with E-state index in [-0.39, 0.29) is 12.6 Å². The van der Waals surface area contributed by atoms with Crippen molar-refractivity contribution in [1.82, 2.24) is 0 Å². The molecular weight excluding hydrogens is 672 g/mol. The summed E-state index contributed by atoms with van der Waals surface area (Å²) in [7, 11) is 0. The minimum Gasteiger partial charge on any atom is -0.394 e. The van der Waals surface area contributed by atoms with Crippen LogP contribution >= 0.6 is 0 Å². The van der Waals surface area contributed by atoms with Crippen molar-refractivity contribution in [3.8, 4) is 0 Å². The maximum absolute atomic E-state index is 10.5. The summed E-state index contributed by atoms with van der Waals surface area (Å²) in [6.45, 7) is -4.89. The molecule has 14 atom stereocenters. The molecule has 0 bridgehead atoms. The zero-order valence-electron chi connectivity index (χ0n) is 25.1. The third kappa shape index (κ3) is 21.1. The molecule has 0 saturated carbocycles. The largest absolute Gasteiger partial charge is 0.394 e. The van der Waals surface area contributed by atoms with E-state index in [2.05, 4.69) is 0 Å². The van der Waals surface area contributed by atoms with Gasteiger partial charge in [0.15, 0.2) is 24.1 Å². The molecule has 0 aromatic carbocycles. The standard InChI is InChI=1S/4C6H12O6/c4*7-1-3(9)5(11)6(12)4(10)2-8/h2*3,5-9,11-12H,1-2H2;2*1,3-6,8-12H,2H2/t3-,5+,6+;3-,5-,6-;3-,4+,5+,6+;3-,4-,5-,6-/m1101/s1. The Hall–Kier alpha value is -2.12. The number of Topliss-reactive ketones (excluding diaryl/α,β-unsaturated/α-hetero) is 2. The summed E-state index contributed by atoms with van der Waals surface area (Å²) in [5, 5.41) is 173. The summed E-state index contributed by atoms with van der Waals surface area (Å²) in [6, 6.07) is 0. The molecule has 0 radical (unpaired) electrons. The Bertz CT molecular complexity index is 768. The van der Waals surface area contributed by atoms with Crippen LogP contribution < -0.4 is 0 Å². The van der Waals surface area contributed by atoms with Crippen molar-refractivity contribution < 1.29 is 121 Å². The van der Waals surface area contributed by atoms with E-state index in [1.165, 1.54) is 0 Å². The minimum atomic E-state index is -1.86. The van der Waals surface area contributed by atoms with Crippen molar-refractivity contribution in [2.45, 2.75) is 85.5 Å². The van der Waals surface area contributed by atoms with E-state index in [0.29, 0.717) is 0 Å². The highest BCUT2D eigenvalue weighted by Crippen LogP contribution is 2.04. The van der Waals surface area contributed by atoms with Gasteiger partial charge in [0.05, 0.1) is 26.4 Å². The van der Waals surface area contributed by atoms with Crippen LogP contribution in [0.25, 0.3) is 0 Å². The average molecular weight is 721 g/mol. The van der Waals surface area contributed by atoms with Crippen LogP contribution in [0.3, 0.4) is 0 Å². The van der Waals surface area contributed by atoms with E-state index in [4.69, 9.17) is 102 Å². The van der Waals surface area contributed by atoms with Gasteiger partial charge >= 0.3 is 0 Å². The highest BCUT2D eigenvalue weighted by Gasteiger charge is 2.31. The van der Waals surface area contributed by atoms with Gasteiger partial charge in [-0.05, 0) is 0 Å². The number of hydrogen-bond acceptors (Lipinski definition) is 24. The fourth-order valence-electron chi connectivity index (χ4n) is 2.44. The van der Waals surface area contributed by atoms with Crippen LogP contribution in [0.2, 0.25) is 0 Å². The number of aliphatic hydroxyl groups excluding tert-OH is 20. The fourth-order valence-corrected chi connectivity index (χ4v) is 2.44. The van der Waals surface area contributed by atoms with Crippen LogP contribution in [0.1, 0.15) is 0 Å². The SMILES string of the molecule is O=C(CO)[C@@H](O)[C@H](O)[C@H](O)CO.O=C(CO)[C@H](O)[C@@H](O)[C@H](O)CO.O=C[C@@H](O)[C@@H](O)[C@H](O)[C@H](O)CO.O=C[C@H](O)[C@@H](O)[C@H](O)[C@H](O)CO. The first-order valence-electron chi connectivity index (χ1n) is 13.3. The third-order valence-corrected chi connectivity index (χ3v) is 5.62. The monoisotopic (exact) mass is 720 g/mol. The molecule has 0 amide bonds. The molecule has 0 aromatic heterocycles. The van der Waals surface area contributed by atoms with Crippen molar-refractivity contribution in [3.63, 3.8) is 0 Å². The molecule has 20 N–H and O–H groups in total. The number of aldehydes is 2. The highest BCUT2D eigenvalue weighted by atomic mass is 16.4. The summed E-state index contributed by atoms with van der Waals surface area (Å²) in [6.07, 6.45) is -24.1. The van der Waals surface area contributed by atoms with Gasteiger partial charge < -0.3 is 112 Å². The van der Waals surface area contributed by atoms with Crippen molar-refractivity contribution in [2.75, 3.05) is 39.6 Å². The molecule has 0 fully saturated rings. The molecule has 288 valence electrons. The lowest BCUT2D eigenvalue weighted by molar-refractivity contribution is -0.143. The summed E-state index contributed by atoms with van der Waals surface area (Å²) in [4.78, 5) is 40.8. The van der Waals surface area contributed by atoms with E-state index >= 15 is 0 Å². The Morgan fingerprint density at radius 1 is 0.375 bits per heavy atom. The molecule has 0 aliphatic carbocycles. The number of carbonyl (C=O) groups excluding carboxylic acids is 4. The molecule has 0 aromatic rings. The molecule has 0 spiro atoms. The normalized spacial score (nSPS) is 19.8. The van der Waals surface area contributed by atoms with Gasteiger partial charge in [-0.15, -0.1) is 0 Å². The quantitative estimate of drug-likeness (QED) is 0.0519. The Kier molecular flexibility index (Phi) is 32.7. The maximum Gasteiger partial charge on any atom is 0.189 e. The van der Waals surface area contributed by atoms with E-state index < -0.39 is 137 Å². The van der Waals surface area contributed by atoms with Gasteiger partial charge in [-0.25, -0.2) is 0 Å². The molecule has 24 nitrogen and oxygen atoms in total. The van der Waals surface area contributed by atoms with Crippen LogP contribution in [-0.4, -0.2) is 251 Å². The van der Waals surface area contributed by atoms with Crippen LogP contribution in [-0.2, 0) is 19.2 Å². The molecule has 0 saturated heterocycles. The van der Waals surface area contributed by atoms with Crippen molar-refractivity contribution in [1.29, 1.82) is 0 Å². The minimum absolute atomic E-state index is 0.0258. The van der Waals surface area contributed by atoms with Crippen molar-refractivity contribution in [3.05, 3.63) is 0 Å². The summed E-state index contributed by atoms with van der Waals surface area (Å²) in [5.41, 5.74) is 0. The second-order valence-electron chi connectivity index (χ2n) is 9.34. The first-order chi connectivity index (χ1) is 22.2. The Morgan fingerprint density at radius 3 is 0.750 bits per heavy atom. The molecule has 48 heavy (non-hydrogen) atoms. The topological polar surface area (TPSA) is 473 Å².